The van der Waals surface area contributed by atoms with E-state index in [-0.39, 0.29) is 11.9 Å². The van der Waals surface area contributed by atoms with Crippen molar-refractivity contribution < 1.29 is 4.79 Å². The maximum Gasteiger partial charge on any atom is 0.253 e. The highest BCUT2D eigenvalue weighted by atomic mass is 32.1. The molecule has 1 aliphatic carbocycles. The number of fused-ring (bicyclic) bond motifs is 1. The lowest BCUT2D eigenvalue weighted by molar-refractivity contribution is 0.0936. The Bertz CT molecular complexity index is 895. The van der Waals surface area contributed by atoms with E-state index in [4.69, 9.17) is 0 Å². The molecule has 1 N–H and O–H groups in total. The van der Waals surface area contributed by atoms with E-state index in [1.165, 1.54) is 11.1 Å². The van der Waals surface area contributed by atoms with Gasteiger partial charge in [-0.15, -0.1) is 11.3 Å². The van der Waals surface area contributed by atoms with Crippen LogP contribution in [0.3, 0.4) is 0 Å². The van der Waals surface area contributed by atoms with Crippen molar-refractivity contribution in [3.8, 4) is 5.13 Å². The first kappa shape index (κ1) is 15.1. The van der Waals surface area contributed by atoms with Crippen LogP contribution >= 0.6 is 11.3 Å². The van der Waals surface area contributed by atoms with Crippen LogP contribution in [0.1, 0.15) is 45.3 Å². The quantitative estimate of drug-likeness (QED) is 0.786. The van der Waals surface area contributed by atoms with Gasteiger partial charge in [-0.3, -0.25) is 9.36 Å². The van der Waals surface area contributed by atoms with Crippen LogP contribution in [0.15, 0.2) is 41.9 Å². The lowest BCUT2D eigenvalue weighted by atomic mass is 10.1. The number of hydrogen-bond acceptors (Lipinski definition) is 3. The number of nitrogens with zero attached hydrogens (tertiary/aromatic N) is 2. The van der Waals surface area contributed by atoms with Crippen molar-refractivity contribution in [2.24, 2.45) is 0 Å². The van der Waals surface area contributed by atoms with Crippen LogP contribution in [0.5, 0.6) is 0 Å². The topological polar surface area (TPSA) is 46.9 Å². The largest absolute Gasteiger partial charge is 0.345 e. The average molecular weight is 337 g/mol. The summed E-state index contributed by atoms with van der Waals surface area (Å²) in [5, 5.41) is 6.05. The molecule has 0 aliphatic heterocycles. The maximum absolute atomic E-state index is 12.8. The Kier molecular flexibility index (Phi) is 3.73. The highest BCUT2D eigenvalue weighted by Gasteiger charge is 2.25. The van der Waals surface area contributed by atoms with E-state index in [1.54, 1.807) is 17.5 Å². The Balaban J connectivity index is 1.61. The highest BCUT2D eigenvalue weighted by molar-refractivity contribution is 7.12. The zero-order valence-corrected chi connectivity index (χ0v) is 14.6. The summed E-state index contributed by atoms with van der Waals surface area (Å²) in [6.07, 6.45) is 3.78. The van der Waals surface area contributed by atoms with Crippen LogP contribution in [0, 0.1) is 13.8 Å². The number of amides is 1. The molecule has 1 atom stereocenters. The lowest BCUT2D eigenvalue weighted by Crippen LogP contribution is -2.27. The third-order valence-electron chi connectivity index (χ3n) is 4.72. The van der Waals surface area contributed by atoms with Gasteiger partial charge in [-0.2, -0.15) is 0 Å². The molecular formula is C19H19N3OS. The predicted molar refractivity (Wildman–Crippen MR) is 95.9 cm³/mol. The number of carbonyl (C=O) groups excluding carboxylic acids is 1. The number of aryl methyl sites for hydroxylation is 2. The van der Waals surface area contributed by atoms with Gasteiger partial charge in [0.2, 0.25) is 0 Å². The van der Waals surface area contributed by atoms with Gasteiger partial charge in [0.1, 0.15) is 0 Å². The second-order valence-electron chi connectivity index (χ2n) is 6.20. The monoisotopic (exact) mass is 337 g/mol. The Morgan fingerprint density at radius 1 is 1.33 bits per heavy atom. The second kappa shape index (κ2) is 5.91. The molecule has 2 aromatic heterocycles. The summed E-state index contributed by atoms with van der Waals surface area (Å²) >= 11 is 1.57. The Hall–Kier alpha value is -2.40. The normalized spacial score (nSPS) is 16.2. The maximum atomic E-state index is 12.8. The highest BCUT2D eigenvalue weighted by Crippen LogP contribution is 2.31. The zero-order valence-electron chi connectivity index (χ0n) is 13.7. The smallest absolute Gasteiger partial charge is 0.253 e. The summed E-state index contributed by atoms with van der Waals surface area (Å²) in [4.78, 5) is 17.2. The van der Waals surface area contributed by atoms with Crippen molar-refractivity contribution >= 4 is 17.2 Å². The molecule has 1 aromatic carbocycles. The molecule has 4 rings (SSSR count). The average Bonchev–Trinajstić information content (AvgIpc) is 3.28. The van der Waals surface area contributed by atoms with E-state index in [9.17, 15) is 4.79 Å². The van der Waals surface area contributed by atoms with E-state index in [0.29, 0.717) is 0 Å². The number of thiazole rings is 1. The van der Waals surface area contributed by atoms with Crippen LogP contribution in [-0.4, -0.2) is 15.5 Å². The number of benzene rings is 1. The first-order valence-corrected chi connectivity index (χ1v) is 9.00. The summed E-state index contributed by atoms with van der Waals surface area (Å²) in [6.45, 7) is 3.99. The van der Waals surface area contributed by atoms with Crippen molar-refractivity contribution in [3.63, 3.8) is 0 Å². The van der Waals surface area contributed by atoms with Gasteiger partial charge >= 0.3 is 0 Å². The summed E-state index contributed by atoms with van der Waals surface area (Å²) in [5.74, 6) is -0.00684. The van der Waals surface area contributed by atoms with E-state index < -0.39 is 0 Å². The summed E-state index contributed by atoms with van der Waals surface area (Å²) in [6, 6.07) is 10.4. The molecular weight excluding hydrogens is 318 g/mol. The van der Waals surface area contributed by atoms with Gasteiger partial charge in [0.15, 0.2) is 5.13 Å². The van der Waals surface area contributed by atoms with Gasteiger partial charge in [-0.25, -0.2) is 4.98 Å². The number of nitrogens with one attached hydrogen (secondary N) is 1. The molecule has 4 nitrogen and oxygen atoms in total. The van der Waals surface area contributed by atoms with Crippen LogP contribution in [0.25, 0.3) is 5.13 Å². The Morgan fingerprint density at radius 3 is 2.96 bits per heavy atom. The molecule has 2 heterocycles. The molecule has 3 aromatic rings. The molecule has 1 unspecified atom stereocenters. The van der Waals surface area contributed by atoms with Crippen molar-refractivity contribution in [3.05, 3.63) is 70.0 Å². The van der Waals surface area contributed by atoms with Gasteiger partial charge in [-0.1, -0.05) is 24.3 Å². The van der Waals surface area contributed by atoms with Crippen molar-refractivity contribution in [2.75, 3.05) is 0 Å². The summed E-state index contributed by atoms with van der Waals surface area (Å²) in [7, 11) is 0. The van der Waals surface area contributed by atoms with E-state index in [2.05, 4.69) is 28.5 Å². The van der Waals surface area contributed by atoms with Gasteiger partial charge in [0.05, 0.1) is 11.6 Å². The minimum Gasteiger partial charge on any atom is -0.345 e. The summed E-state index contributed by atoms with van der Waals surface area (Å²) in [5.41, 5.74) is 5.29. The third kappa shape index (κ3) is 2.45. The van der Waals surface area contributed by atoms with Gasteiger partial charge < -0.3 is 5.32 Å². The number of carbonyl (C=O) groups is 1. The van der Waals surface area contributed by atoms with Crippen molar-refractivity contribution in [1.82, 2.24) is 14.9 Å². The molecule has 1 aliphatic rings. The zero-order chi connectivity index (χ0) is 16.7. The van der Waals surface area contributed by atoms with Crippen LogP contribution < -0.4 is 5.32 Å². The Labute approximate surface area is 145 Å². The van der Waals surface area contributed by atoms with Gasteiger partial charge in [0, 0.05) is 23.0 Å². The Morgan fingerprint density at radius 2 is 2.17 bits per heavy atom. The fourth-order valence-corrected chi connectivity index (χ4v) is 4.31. The first-order chi connectivity index (χ1) is 11.6. The summed E-state index contributed by atoms with van der Waals surface area (Å²) < 4.78 is 2.04. The minimum atomic E-state index is -0.00684. The molecule has 24 heavy (non-hydrogen) atoms. The van der Waals surface area contributed by atoms with Crippen molar-refractivity contribution in [2.45, 2.75) is 32.7 Å². The molecule has 0 bridgehead atoms. The first-order valence-electron chi connectivity index (χ1n) is 8.12. The molecule has 0 fully saturated rings. The number of rotatable bonds is 3. The number of aromatic nitrogens is 2. The van der Waals surface area contributed by atoms with Crippen LogP contribution in [0.2, 0.25) is 0 Å². The fourth-order valence-electron chi connectivity index (χ4n) is 3.56. The standard InChI is InChI=1S/C19H19N3OS/c1-12-11-16(13(2)22(12)19-20-9-10-24-19)18(23)21-17-8-7-14-5-3-4-6-15(14)17/h3-6,9-11,17H,7-8H2,1-2H3,(H,21,23). The van der Waals surface area contributed by atoms with E-state index in [1.807, 2.05) is 35.9 Å². The van der Waals surface area contributed by atoms with E-state index in [0.717, 1.165) is 34.9 Å². The molecule has 122 valence electrons. The molecule has 0 radical (unpaired) electrons. The minimum absolute atomic E-state index is 0.00684. The third-order valence-corrected chi connectivity index (χ3v) is 5.48. The second-order valence-corrected chi connectivity index (χ2v) is 7.07. The molecule has 0 saturated carbocycles. The molecule has 0 saturated heterocycles. The van der Waals surface area contributed by atoms with Gasteiger partial charge in [-0.05, 0) is 43.9 Å². The molecule has 5 heteroatoms. The molecule has 1 amide bonds. The number of hydrogen-bond donors (Lipinski definition) is 1. The van der Waals surface area contributed by atoms with Crippen molar-refractivity contribution in [1.29, 1.82) is 0 Å². The van der Waals surface area contributed by atoms with Crippen LogP contribution in [0.4, 0.5) is 0 Å². The van der Waals surface area contributed by atoms with Crippen LogP contribution in [-0.2, 0) is 6.42 Å². The molecule has 0 spiro atoms. The lowest BCUT2D eigenvalue weighted by Gasteiger charge is -2.14. The predicted octanol–water partition coefficient (Wildman–Crippen LogP) is 3.97. The van der Waals surface area contributed by atoms with Gasteiger partial charge in [0.25, 0.3) is 5.91 Å². The SMILES string of the molecule is Cc1cc(C(=O)NC2CCc3ccccc32)c(C)n1-c1nccs1. The van der Waals surface area contributed by atoms with E-state index >= 15 is 0 Å². The fraction of sp³-hybridized carbons (Fsp3) is 0.263.